The van der Waals surface area contributed by atoms with Gasteiger partial charge in [-0.1, -0.05) is 35.0 Å². The second-order valence-corrected chi connectivity index (χ2v) is 7.55. The number of fused-ring (bicyclic) bond motifs is 1. The lowest BCUT2D eigenvalue weighted by atomic mass is 10.2. The largest absolute Gasteiger partial charge is 0.300 e. The first-order chi connectivity index (χ1) is 12.5. The van der Waals surface area contributed by atoms with Gasteiger partial charge in [0.25, 0.3) is 0 Å². The highest BCUT2D eigenvalue weighted by molar-refractivity contribution is 7.89. The van der Waals surface area contributed by atoms with Crippen LogP contribution >= 0.6 is 0 Å². The van der Waals surface area contributed by atoms with E-state index in [-0.39, 0.29) is 4.90 Å². The summed E-state index contributed by atoms with van der Waals surface area (Å²) in [7, 11) is -3.84. The van der Waals surface area contributed by atoms with Crippen molar-refractivity contribution in [3.05, 3.63) is 59.9 Å². The van der Waals surface area contributed by atoms with E-state index < -0.39 is 10.0 Å². The van der Waals surface area contributed by atoms with Gasteiger partial charge in [-0.3, -0.25) is 0 Å². The molecule has 132 valence electrons. The fraction of sp³-hybridized carbons (Fsp3) is 0.188. The number of benzene rings is 2. The molecule has 0 atom stereocenters. The van der Waals surface area contributed by atoms with Crippen LogP contribution in [0.15, 0.2) is 53.4 Å². The van der Waals surface area contributed by atoms with E-state index >= 15 is 0 Å². The van der Waals surface area contributed by atoms with Crippen molar-refractivity contribution in [2.75, 3.05) is 0 Å². The number of hydrogen-bond acceptors (Lipinski definition) is 7. The molecule has 0 aliphatic heterocycles. The number of tetrazole rings is 1. The molecule has 0 unspecified atom stereocenters. The summed E-state index contributed by atoms with van der Waals surface area (Å²) in [5, 5.41) is 19.7. The smallest absolute Gasteiger partial charge is 0.244 e. The molecule has 0 aliphatic rings. The quantitative estimate of drug-likeness (QED) is 0.520. The van der Waals surface area contributed by atoms with Gasteiger partial charge >= 0.3 is 10.0 Å². The first kappa shape index (κ1) is 16.3. The van der Waals surface area contributed by atoms with Crippen LogP contribution in [0.4, 0.5) is 0 Å². The highest BCUT2D eigenvalue weighted by Gasteiger charge is 2.20. The third kappa shape index (κ3) is 2.94. The summed E-state index contributed by atoms with van der Waals surface area (Å²) in [6.07, 6.45) is 0.386. The maximum absolute atomic E-state index is 12.5. The van der Waals surface area contributed by atoms with Crippen LogP contribution in [0.25, 0.3) is 11.0 Å². The Morgan fingerprint density at radius 2 is 1.73 bits per heavy atom. The Bertz CT molecular complexity index is 1160. The van der Waals surface area contributed by atoms with Crippen LogP contribution in [0.3, 0.4) is 0 Å². The molecule has 0 saturated carbocycles. The molecule has 0 saturated heterocycles. The molecule has 0 N–H and O–H groups in total. The normalized spacial score (nSPS) is 11.9. The van der Waals surface area contributed by atoms with Crippen LogP contribution in [0.2, 0.25) is 0 Å². The number of aromatic nitrogens is 7. The van der Waals surface area contributed by atoms with Gasteiger partial charge in [-0.05, 0) is 40.6 Å². The van der Waals surface area contributed by atoms with Crippen molar-refractivity contribution < 1.29 is 8.42 Å². The van der Waals surface area contributed by atoms with Gasteiger partial charge in [-0.15, -0.1) is 15.3 Å². The Hall–Kier alpha value is -3.14. The molecule has 4 aromatic rings. The zero-order chi connectivity index (χ0) is 18.1. The molecule has 0 spiro atoms. The predicted octanol–water partition coefficient (Wildman–Crippen LogP) is 1.21. The number of para-hydroxylation sites is 1. The molecule has 2 aromatic carbocycles. The summed E-state index contributed by atoms with van der Waals surface area (Å²) >= 11 is 0. The second-order valence-electron chi connectivity index (χ2n) is 5.80. The Morgan fingerprint density at radius 3 is 2.54 bits per heavy atom. The van der Waals surface area contributed by atoms with Crippen LogP contribution in [-0.2, 0) is 23.0 Å². The van der Waals surface area contributed by atoms with Gasteiger partial charge in [0.15, 0.2) is 5.82 Å². The van der Waals surface area contributed by atoms with Crippen LogP contribution < -0.4 is 0 Å². The molecule has 26 heavy (non-hydrogen) atoms. The lowest BCUT2D eigenvalue weighted by molar-refractivity contribution is 0.564. The molecule has 0 aliphatic carbocycles. The summed E-state index contributed by atoms with van der Waals surface area (Å²) in [5.74, 6) is 0.320. The molecule has 4 rings (SSSR count). The average Bonchev–Trinajstić information content (AvgIpc) is 3.28. The predicted molar refractivity (Wildman–Crippen MR) is 92.8 cm³/mol. The summed E-state index contributed by atoms with van der Waals surface area (Å²) < 4.78 is 27.5. The van der Waals surface area contributed by atoms with Crippen molar-refractivity contribution >= 4 is 21.1 Å². The van der Waals surface area contributed by atoms with E-state index in [0.29, 0.717) is 23.0 Å². The van der Waals surface area contributed by atoms with Gasteiger partial charge in [-0.2, -0.15) is 8.42 Å². The highest BCUT2D eigenvalue weighted by Crippen LogP contribution is 2.13. The van der Waals surface area contributed by atoms with Gasteiger partial charge in [0, 0.05) is 6.42 Å². The summed E-state index contributed by atoms with van der Waals surface area (Å²) in [4.78, 5) is 0.120. The fourth-order valence-corrected chi connectivity index (χ4v) is 3.53. The Balaban J connectivity index is 1.53. The van der Waals surface area contributed by atoms with Crippen LogP contribution in [-0.4, -0.2) is 43.0 Å². The van der Waals surface area contributed by atoms with Crippen LogP contribution in [0.1, 0.15) is 11.4 Å². The van der Waals surface area contributed by atoms with Crippen LogP contribution in [0, 0.1) is 6.92 Å². The Labute approximate surface area is 149 Å². The van der Waals surface area contributed by atoms with Gasteiger partial charge in [0.2, 0.25) is 0 Å². The minimum Gasteiger partial charge on any atom is -0.244 e. The van der Waals surface area contributed by atoms with Crippen molar-refractivity contribution in [1.29, 1.82) is 0 Å². The van der Waals surface area contributed by atoms with E-state index in [1.165, 1.54) is 12.1 Å². The summed E-state index contributed by atoms with van der Waals surface area (Å²) in [5.41, 5.74) is 2.66. The number of nitrogens with zero attached hydrogens (tertiary/aromatic N) is 7. The molecule has 9 nitrogen and oxygen atoms in total. The summed E-state index contributed by atoms with van der Waals surface area (Å²) in [6.45, 7) is 2.35. The van der Waals surface area contributed by atoms with E-state index in [4.69, 9.17) is 0 Å². The molecule has 0 amide bonds. The minimum atomic E-state index is -3.84. The van der Waals surface area contributed by atoms with E-state index in [1.54, 1.807) is 16.8 Å². The monoisotopic (exact) mass is 369 g/mol. The summed E-state index contributed by atoms with van der Waals surface area (Å²) in [6, 6.07) is 14.1. The Kier molecular flexibility index (Phi) is 3.96. The van der Waals surface area contributed by atoms with E-state index in [1.807, 2.05) is 31.2 Å². The van der Waals surface area contributed by atoms with E-state index in [2.05, 4.69) is 25.7 Å². The topological polar surface area (TPSA) is 108 Å². The second kappa shape index (κ2) is 6.30. The first-order valence-electron chi connectivity index (χ1n) is 7.93. The lowest BCUT2D eigenvalue weighted by Gasteiger charge is -2.02. The zero-order valence-corrected chi connectivity index (χ0v) is 14.7. The molecule has 0 bridgehead atoms. The number of hydrogen-bond donors (Lipinski definition) is 0. The number of aryl methyl sites for hydroxylation is 3. The minimum absolute atomic E-state index is 0.120. The maximum atomic E-state index is 12.5. The van der Waals surface area contributed by atoms with E-state index in [9.17, 15) is 8.42 Å². The average molecular weight is 369 g/mol. The molecule has 0 fully saturated rings. The number of rotatable bonds is 5. The first-order valence-corrected chi connectivity index (χ1v) is 9.37. The molecular formula is C16H15N7O2S. The lowest BCUT2D eigenvalue weighted by Crippen LogP contribution is -2.16. The maximum Gasteiger partial charge on any atom is 0.300 e. The molecule has 0 radical (unpaired) electrons. The molecular weight excluding hydrogens is 354 g/mol. The molecule has 2 aromatic heterocycles. The van der Waals surface area contributed by atoms with Crippen molar-refractivity contribution in [2.45, 2.75) is 24.8 Å². The van der Waals surface area contributed by atoms with Gasteiger partial charge in [0.05, 0.1) is 17.0 Å². The zero-order valence-electron chi connectivity index (χ0n) is 13.9. The highest BCUT2D eigenvalue weighted by atomic mass is 32.2. The van der Waals surface area contributed by atoms with Gasteiger partial charge in [0.1, 0.15) is 5.52 Å². The van der Waals surface area contributed by atoms with Crippen molar-refractivity contribution in [2.24, 2.45) is 0 Å². The fourth-order valence-electron chi connectivity index (χ4n) is 2.52. The standard InChI is InChI=1S/C16H15N7O2S/c1-12-6-8-13(9-7-12)26(24,25)23-19-16(18-21-23)10-11-22-15-5-3-2-4-14(15)17-20-22/h2-9H,10-11H2,1H3. The van der Waals surface area contributed by atoms with Crippen molar-refractivity contribution in [1.82, 2.24) is 34.6 Å². The SMILES string of the molecule is Cc1ccc(S(=O)(=O)n2nnc(CCn3nnc4ccccc43)n2)cc1. The van der Waals surface area contributed by atoms with Crippen molar-refractivity contribution in [3.63, 3.8) is 0 Å². The third-order valence-corrected chi connectivity index (χ3v) is 5.39. The van der Waals surface area contributed by atoms with Gasteiger partial charge < -0.3 is 0 Å². The van der Waals surface area contributed by atoms with E-state index in [0.717, 1.165) is 16.6 Å². The molecule has 10 heteroatoms. The van der Waals surface area contributed by atoms with Gasteiger partial charge in [-0.25, -0.2) is 4.68 Å². The molecule has 2 heterocycles. The Morgan fingerprint density at radius 1 is 0.962 bits per heavy atom. The van der Waals surface area contributed by atoms with Crippen molar-refractivity contribution in [3.8, 4) is 0 Å². The third-order valence-electron chi connectivity index (χ3n) is 3.94. The van der Waals surface area contributed by atoms with Crippen LogP contribution in [0.5, 0.6) is 0 Å².